The van der Waals surface area contributed by atoms with Crippen molar-refractivity contribution in [2.24, 2.45) is 0 Å². The molecule has 0 atom stereocenters. The summed E-state index contributed by atoms with van der Waals surface area (Å²) in [4.78, 5) is 1.20. The average Bonchev–Trinajstić information content (AvgIpc) is 2.42. The molecule has 1 nitrogen and oxygen atoms in total. The standard InChI is InChI=1S/C14H12Cl2OS/c1-18-12-5-3-11(4-6-12)17-14-7-2-10(9-15)8-13(14)16/h2-8H,9H2,1H3. The molecule has 0 heterocycles. The van der Waals surface area contributed by atoms with Gasteiger partial charge in [-0.3, -0.25) is 0 Å². The Morgan fingerprint density at radius 2 is 1.83 bits per heavy atom. The zero-order chi connectivity index (χ0) is 13.0. The molecular weight excluding hydrogens is 287 g/mol. The molecule has 0 aliphatic heterocycles. The number of halogens is 2. The van der Waals surface area contributed by atoms with E-state index < -0.39 is 0 Å². The maximum Gasteiger partial charge on any atom is 0.146 e. The number of benzene rings is 2. The van der Waals surface area contributed by atoms with Crippen molar-refractivity contribution in [2.75, 3.05) is 6.26 Å². The summed E-state index contributed by atoms with van der Waals surface area (Å²) < 4.78 is 5.72. The van der Waals surface area contributed by atoms with Gasteiger partial charge in [0.15, 0.2) is 0 Å². The van der Waals surface area contributed by atoms with E-state index in [-0.39, 0.29) is 0 Å². The monoisotopic (exact) mass is 298 g/mol. The van der Waals surface area contributed by atoms with Gasteiger partial charge < -0.3 is 4.74 Å². The highest BCUT2D eigenvalue weighted by molar-refractivity contribution is 7.98. The molecule has 0 saturated heterocycles. The first kappa shape index (κ1) is 13.6. The molecule has 0 saturated carbocycles. The molecule has 0 N–H and O–H groups in total. The molecule has 2 aromatic carbocycles. The molecule has 4 heteroatoms. The lowest BCUT2D eigenvalue weighted by atomic mass is 10.2. The molecule has 0 spiro atoms. The minimum absolute atomic E-state index is 0.447. The summed E-state index contributed by atoms with van der Waals surface area (Å²) in [5.74, 6) is 1.86. The van der Waals surface area contributed by atoms with Gasteiger partial charge in [-0.15, -0.1) is 23.4 Å². The molecule has 2 aromatic rings. The first-order valence-corrected chi connectivity index (χ1v) is 7.53. The van der Waals surface area contributed by atoms with Gasteiger partial charge in [-0.2, -0.15) is 0 Å². The predicted octanol–water partition coefficient (Wildman–Crippen LogP) is 5.59. The molecule has 0 amide bonds. The van der Waals surface area contributed by atoms with Crippen molar-refractivity contribution >= 4 is 35.0 Å². The highest BCUT2D eigenvalue weighted by Crippen LogP contribution is 2.31. The second-order valence-corrected chi connectivity index (χ2v) is 5.23. The molecule has 0 unspecified atom stereocenters. The van der Waals surface area contributed by atoms with Crippen molar-refractivity contribution in [1.82, 2.24) is 0 Å². The van der Waals surface area contributed by atoms with Gasteiger partial charge in [0.2, 0.25) is 0 Å². The number of hydrogen-bond acceptors (Lipinski definition) is 2. The Kier molecular flexibility index (Phi) is 4.81. The number of hydrogen-bond donors (Lipinski definition) is 0. The van der Waals surface area contributed by atoms with Crippen LogP contribution in [0.1, 0.15) is 5.56 Å². The van der Waals surface area contributed by atoms with Gasteiger partial charge in [0.05, 0.1) is 5.02 Å². The summed E-state index contributed by atoms with van der Waals surface area (Å²) in [6.45, 7) is 0. The average molecular weight is 299 g/mol. The van der Waals surface area contributed by atoms with Gasteiger partial charge in [-0.1, -0.05) is 17.7 Å². The highest BCUT2D eigenvalue weighted by atomic mass is 35.5. The van der Waals surface area contributed by atoms with Crippen LogP contribution in [0.4, 0.5) is 0 Å². The topological polar surface area (TPSA) is 9.23 Å². The molecular formula is C14H12Cl2OS. The van der Waals surface area contributed by atoms with Gasteiger partial charge in [-0.25, -0.2) is 0 Å². The quantitative estimate of drug-likeness (QED) is 0.537. The number of thioether (sulfide) groups is 1. The van der Waals surface area contributed by atoms with Crippen LogP contribution in [0.25, 0.3) is 0 Å². The third-order valence-electron chi connectivity index (χ3n) is 2.44. The normalized spacial score (nSPS) is 10.4. The summed E-state index contributed by atoms with van der Waals surface area (Å²) in [6.07, 6.45) is 2.04. The van der Waals surface area contributed by atoms with Crippen molar-refractivity contribution in [1.29, 1.82) is 0 Å². The van der Waals surface area contributed by atoms with Gasteiger partial charge in [0, 0.05) is 10.8 Å². The van der Waals surface area contributed by atoms with E-state index in [4.69, 9.17) is 27.9 Å². The van der Waals surface area contributed by atoms with Gasteiger partial charge in [0.1, 0.15) is 11.5 Å². The number of rotatable bonds is 4. The Morgan fingerprint density at radius 3 is 2.39 bits per heavy atom. The van der Waals surface area contributed by atoms with Crippen molar-refractivity contribution in [2.45, 2.75) is 10.8 Å². The second kappa shape index (κ2) is 6.37. The Hall–Kier alpha value is -0.830. The van der Waals surface area contributed by atoms with Gasteiger partial charge >= 0.3 is 0 Å². The number of alkyl halides is 1. The van der Waals surface area contributed by atoms with E-state index in [0.29, 0.717) is 16.7 Å². The lowest BCUT2D eigenvalue weighted by molar-refractivity contribution is 0.482. The smallest absolute Gasteiger partial charge is 0.146 e. The highest BCUT2D eigenvalue weighted by Gasteiger charge is 2.04. The van der Waals surface area contributed by atoms with Crippen LogP contribution in [0.2, 0.25) is 5.02 Å². The largest absolute Gasteiger partial charge is 0.456 e. The van der Waals surface area contributed by atoms with Crippen molar-refractivity contribution < 1.29 is 4.74 Å². The van der Waals surface area contributed by atoms with E-state index in [1.807, 2.05) is 48.7 Å². The van der Waals surface area contributed by atoms with Crippen molar-refractivity contribution in [3.63, 3.8) is 0 Å². The van der Waals surface area contributed by atoms with Gasteiger partial charge in [-0.05, 0) is 48.2 Å². The van der Waals surface area contributed by atoms with Gasteiger partial charge in [0.25, 0.3) is 0 Å². The van der Waals surface area contributed by atoms with Crippen molar-refractivity contribution in [3.8, 4) is 11.5 Å². The number of ether oxygens (including phenoxy) is 1. The summed E-state index contributed by atoms with van der Waals surface area (Å²) in [5, 5.41) is 0.571. The predicted molar refractivity (Wildman–Crippen MR) is 79.3 cm³/mol. The van der Waals surface area contributed by atoms with Crippen molar-refractivity contribution in [3.05, 3.63) is 53.1 Å². The van der Waals surface area contributed by atoms with E-state index in [1.54, 1.807) is 11.8 Å². The van der Waals surface area contributed by atoms with Crippen LogP contribution in [0.5, 0.6) is 11.5 Å². The SMILES string of the molecule is CSc1ccc(Oc2ccc(CCl)cc2Cl)cc1. The Balaban J connectivity index is 2.17. The fraction of sp³-hybridized carbons (Fsp3) is 0.143. The Bertz CT molecular complexity index is 526. The third-order valence-corrected chi connectivity index (χ3v) is 3.79. The minimum Gasteiger partial charge on any atom is -0.456 e. The fourth-order valence-electron chi connectivity index (χ4n) is 1.48. The molecule has 2 rings (SSSR count). The second-order valence-electron chi connectivity index (χ2n) is 3.68. The first-order chi connectivity index (χ1) is 8.72. The van der Waals surface area contributed by atoms with Crippen LogP contribution in [0.3, 0.4) is 0 Å². The Labute approximate surface area is 121 Å². The molecule has 0 bridgehead atoms. The third kappa shape index (κ3) is 3.35. The molecule has 0 aromatic heterocycles. The zero-order valence-electron chi connectivity index (χ0n) is 9.82. The lowest BCUT2D eigenvalue weighted by Gasteiger charge is -2.08. The van der Waals surface area contributed by atoms with E-state index in [2.05, 4.69) is 0 Å². The zero-order valence-corrected chi connectivity index (χ0v) is 12.1. The maximum atomic E-state index is 6.13. The summed E-state index contributed by atoms with van der Waals surface area (Å²) in [7, 11) is 0. The molecule has 0 fully saturated rings. The Morgan fingerprint density at radius 1 is 1.11 bits per heavy atom. The lowest BCUT2D eigenvalue weighted by Crippen LogP contribution is -1.87. The molecule has 0 radical (unpaired) electrons. The van der Waals surface area contributed by atoms with E-state index in [9.17, 15) is 0 Å². The van der Waals surface area contributed by atoms with E-state index in [0.717, 1.165) is 11.3 Å². The minimum atomic E-state index is 0.447. The fourth-order valence-corrected chi connectivity index (χ4v) is 2.30. The molecule has 94 valence electrons. The summed E-state index contributed by atoms with van der Waals surface area (Å²) in [5.41, 5.74) is 0.978. The summed E-state index contributed by atoms with van der Waals surface area (Å²) >= 11 is 13.6. The summed E-state index contributed by atoms with van der Waals surface area (Å²) in [6, 6.07) is 13.4. The maximum absolute atomic E-state index is 6.13. The molecule has 18 heavy (non-hydrogen) atoms. The van der Waals surface area contributed by atoms with Crippen LogP contribution < -0.4 is 4.74 Å². The van der Waals surface area contributed by atoms with Crippen LogP contribution in [0, 0.1) is 0 Å². The van der Waals surface area contributed by atoms with Crippen LogP contribution in [-0.4, -0.2) is 6.26 Å². The van der Waals surface area contributed by atoms with Crippen LogP contribution in [0.15, 0.2) is 47.4 Å². The first-order valence-electron chi connectivity index (χ1n) is 5.39. The van der Waals surface area contributed by atoms with E-state index in [1.165, 1.54) is 4.90 Å². The van der Waals surface area contributed by atoms with Crippen LogP contribution >= 0.6 is 35.0 Å². The molecule has 0 aliphatic rings. The van der Waals surface area contributed by atoms with E-state index >= 15 is 0 Å². The van der Waals surface area contributed by atoms with Crippen LogP contribution in [-0.2, 0) is 5.88 Å². The molecule has 0 aliphatic carbocycles.